The molecule has 1 fully saturated rings. The average molecular weight is 307 g/mol. The molecule has 1 aliphatic heterocycles. The number of benzene rings is 2. The van der Waals surface area contributed by atoms with Crippen LogP contribution in [0.5, 0.6) is 5.75 Å². The van der Waals surface area contributed by atoms with E-state index in [0.29, 0.717) is 11.7 Å². The Labute approximate surface area is 134 Å². The van der Waals surface area contributed by atoms with Crippen molar-refractivity contribution in [2.75, 3.05) is 13.1 Å². The number of ether oxygens (including phenoxy) is 1. The maximum atomic E-state index is 6.09. The van der Waals surface area contributed by atoms with Gasteiger partial charge in [-0.3, -0.25) is 0 Å². The molecule has 23 heavy (non-hydrogen) atoms. The minimum absolute atomic E-state index is 0.188. The summed E-state index contributed by atoms with van der Waals surface area (Å²) in [6.07, 6.45) is 1.20. The fraction of sp³-hybridized carbons (Fsp3) is 0.222. The lowest BCUT2D eigenvalue weighted by Gasteiger charge is -2.14. The van der Waals surface area contributed by atoms with Crippen molar-refractivity contribution in [2.45, 2.75) is 12.5 Å². The van der Waals surface area contributed by atoms with Gasteiger partial charge in [0.25, 0.3) is 5.89 Å². The van der Waals surface area contributed by atoms with Gasteiger partial charge in [-0.15, -0.1) is 0 Å². The molecule has 3 aromatic rings. The lowest BCUT2D eigenvalue weighted by Crippen LogP contribution is -2.19. The van der Waals surface area contributed by atoms with Crippen molar-refractivity contribution < 1.29 is 9.26 Å². The van der Waals surface area contributed by atoms with E-state index in [9.17, 15) is 0 Å². The quantitative estimate of drug-likeness (QED) is 0.802. The maximum Gasteiger partial charge on any atom is 0.262 e. The minimum Gasteiger partial charge on any atom is -0.488 e. The van der Waals surface area contributed by atoms with Gasteiger partial charge in [-0.05, 0) is 25.1 Å². The molecule has 4 rings (SSSR count). The van der Waals surface area contributed by atoms with E-state index in [-0.39, 0.29) is 6.10 Å². The van der Waals surface area contributed by atoms with Crippen LogP contribution in [0, 0.1) is 0 Å². The smallest absolute Gasteiger partial charge is 0.262 e. The van der Waals surface area contributed by atoms with Gasteiger partial charge in [0.1, 0.15) is 11.9 Å². The zero-order chi connectivity index (χ0) is 15.5. The largest absolute Gasteiger partial charge is 0.488 e. The lowest BCUT2D eigenvalue weighted by molar-refractivity contribution is 0.223. The molecule has 0 bridgehead atoms. The summed E-state index contributed by atoms with van der Waals surface area (Å²) < 4.78 is 11.5. The van der Waals surface area contributed by atoms with Crippen LogP contribution >= 0.6 is 0 Å². The third kappa shape index (κ3) is 2.96. The summed E-state index contributed by atoms with van der Waals surface area (Å²) in [5.41, 5.74) is 1.76. The normalized spacial score (nSPS) is 17.3. The first-order valence-corrected chi connectivity index (χ1v) is 7.76. The number of rotatable bonds is 4. The summed E-state index contributed by atoms with van der Waals surface area (Å²) in [5.74, 6) is 1.84. The fourth-order valence-electron chi connectivity index (χ4n) is 2.69. The first kappa shape index (κ1) is 14.0. The summed E-state index contributed by atoms with van der Waals surface area (Å²) in [5, 5.41) is 7.38. The SMILES string of the molecule is c1ccc(-c2noc(-c3ccccc3O[C@H]3CCNC3)n2)cc1. The molecule has 5 heteroatoms. The Balaban J connectivity index is 1.64. The molecule has 1 atom stereocenters. The maximum absolute atomic E-state index is 6.09. The van der Waals surface area contributed by atoms with Crippen molar-refractivity contribution >= 4 is 0 Å². The van der Waals surface area contributed by atoms with Crippen LogP contribution in [0.25, 0.3) is 22.8 Å². The van der Waals surface area contributed by atoms with Gasteiger partial charge in [0, 0.05) is 12.1 Å². The molecule has 0 amide bonds. The second kappa shape index (κ2) is 6.22. The average Bonchev–Trinajstić information content (AvgIpc) is 3.28. The highest BCUT2D eigenvalue weighted by atomic mass is 16.5. The van der Waals surface area contributed by atoms with Crippen molar-refractivity contribution in [3.8, 4) is 28.6 Å². The van der Waals surface area contributed by atoms with Crippen LogP contribution in [0.2, 0.25) is 0 Å². The number of para-hydroxylation sites is 1. The topological polar surface area (TPSA) is 60.2 Å². The molecule has 1 N–H and O–H groups in total. The van der Waals surface area contributed by atoms with E-state index < -0.39 is 0 Å². The Morgan fingerprint density at radius 1 is 1.04 bits per heavy atom. The van der Waals surface area contributed by atoms with Gasteiger partial charge in [-0.2, -0.15) is 4.98 Å². The van der Waals surface area contributed by atoms with Crippen LogP contribution in [0.15, 0.2) is 59.1 Å². The summed E-state index contributed by atoms with van der Waals surface area (Å²) in [4.78, 5) is 4.51. The van der Waals surface area contributed by atoms with Gasteiger partial charge in [-0.1, -0.05) is 47.6 Å². The number of nitrogens with zero attached hydrogens (tertiary/aromatic N) is 2. The molecule has 116 valence electrons. The van der Waals surface area contributed by atoms with E-state index in [0.717, 1.165) is 36.4 Å². The molecule has 0 radical (unpaired) electrons. The highest BCUT2D eigenvalue weighted by molar-refractivity contribution is 5.65. The molecule has 1 aromatic heterocycles. The van der Waals surface area contributed by atoms with Crippen LogP contribution in [0.1, 0.15) is 6.42 Å². The number of hydrogen-bond acceptors (Lipinski definition) is 5. The van der Waals surface area contributed by atoms with Crippen LogP contribution in [0.3, 0.4) is 0 Å². The monoisotopic (exact) mass is 307 g/mol. The summed E-state index contributed by atoms with van der Waals surface area (Å²) in [7, 11) is 0. The highest BCUT2D eigenvalue weighted by Crippen LogP contribution is 2.31. The predicted octanol–water partition coefficient (Wildman–Crippen LogP) is 3.14. The molecule has 0 aliphatic carbocycles. The van der Waals surface area contributed by atoms with E-state index in [1.807, 2.05) is 54.6 Å². The zero-order valence-electron chi connectivity index (χ0n) is 12.6. The van der Waals surface area contributed by atoms with Crippen LogP contribution in [0.4, 0.5) is 0 Å². The van der Waals surface area contributed by atoms with Crippen molar-refractivity contribution in [1.29, 1.82) is 0 Å². The van der Waals surface area contributed by atoms with Crippen LogP contribution in [-0.4, -0.2) is 29.3 Å². The minimum atomic E-state index is 0.188. The van der Waals surface area contributed by atoms with Gasteiger partial charge in [-0.25, -0.2) is 0 Å². The third-order valence-corrected chi connectivity index (χ3v) is 3.88. The second-order valence-corrected chi connectivity index (χ2v) is 5.52. The third-order valence-electron chi connectivity index (χ3n) is 3.88. The summed E-state index contributed by atoms with van der Waals surface area (Å²) >= 11 is 0. The van der Waals surface area contributed by atoms with Crippen LogP contribution in [-0.2, 0) is 0 Å². The van der Waals surface area contributed by atoms with E-state index in [1.54, 1.807) is 0 Å². The van der Waals surface area contributed by atoms with Crippen molar-refractivity contribution in [1.82, 2.24) is 15.5 Å². The van der Waals surface area contributed by atoms with Gasteiger partial charge in [0.2, 0.25) is 5.82 Å². The van der Waals surface area contributed by atoms with E-state index in [1.165, 1.54) is 0 Å². The Bertz CT molecular complexity index is 780. The fourth-order valence-corrected chi connectivity index (χ4v) is 2.69. The van der Waals surface area contributed by atoms with E-state index in [2.05, 4.69) is 15.5 Å². The van der Waals surface area contributed by atoms with Crippen molar-refractivity contribution in [3.05, 3.63) is 54.6 Å². The molecule has 2 heterocycles. The Kier molecular flexibility index (Phi) is 3.78. The summed E-state index contributed by atoms with van der Waals surface area (Å²) in [6.45, 7) is 1.86. The zero-order valence-corrected chi connectivity index (χ0v) is 12.6. The highest BCUT2D eigenvalue weighted by Gasteiger charge is 2.20. The molecular formula is C18H17N3O2. The number of nitrogens with one attached hydrogen (secondary N) is 1. The predicted molar refractivity (Wildman–Crippen MR) is 87.1 cm³/mol. The van der Waals surface area contributed by atoms with Gasteiger partial charge < -0.3 is 14.6 Å². The molecule has 1 saturated heterocycles. The molecule has 1 aliphatic rings. The first-order chi connectivity index (χ1) is 11.4. The van der Waals surface area contributed by atoms with Crippen molar-refractivity contribution in [3.63, 3.8) is 0 Å². The van der Waals surface area contributed by atoms with Gasteiger partial charge in [0.15, 0.2) is 0 Å². The number of hydrogen-bond donors (Lipinski definition) is 1. The Morgan fingerprint density at radius 2 is 1.87 bits per heavy atom. The van der Waals surface area contributed by atoms with Crippen LogP contribution < -0.4 is 10.1 Å². The van der Waals surface area contributed by atoms with Crippen molar-refractivity contribution in [2.24, 2.45) is 0 Å². The molecule has 0 saturated carbocycles. The number of aromatic nitrogens is 2. The Morgan fingerprint density at radius 3 is 2.70 bits per heavy atom. The van der Waals surface area contributed by atoms with Gasteiger partial charge >= 0.3 is 0 Å². The molecular weight excluding hydrogens is 290 g/mol. The Hall–Kier alpha value is -2.66. The van der Waals surface area contributed by atoms with Gasteiger partial charge in [0.05, 0.1) is 5.56 Å². The van der Waals surface area contributed by atoms with E-state index in [4.69, 9.17) is 9.26 Å². The van der Waals surface area contributed by atoms with E-state index >= 15 is 0 Å². The molecule has 0 unspecified atom stereocenters. The molecule has 2 aromatic carbocycles. The lowest BCUT2D eigenvalue weighted by atomic mass is 10.2. The molecule has 5 nitrogen and oxygen atoms in total. The first-order valence-electron chi connectivity index (χ1n) is 7.76. The second-order valence-electron chi connectivity index (χ2n) is 5.52. The summed E-state index contributed by atoms with van der Waals surface area (Å²) in [6, 6.07) is 17.6. The standard InChI is InChI=1S/C18H17N3O2/c1-2-6-13(7-3-1)17-20-18(23-21-17)15-8-4-5-9-16(15)22-14-10-11-19-12-14/h1-9,14,19H,10-12H2/t14-/m0/s1. The molecule has 0 spiro atoms.